The molecule has 1 atom stereocenters. The van der Waals surface area contributed by atoms with Crippen LogP contribution in [0.1, 0.15) is 24.5 Å². The van der Waals surface area contributed by atoms with Crippen LogP contribution in [0.3, 0.4) is 0 Å². The minimum Gasteiger partial charge on any atom is -0.439 e. The van der Waals surface area contributed by atoms with Crippen LogP contribution in [0.5, 0.6) is 0 Å². The van der Waals surface area contributed by atoms with Gasteiger partial charge in [0.25, 0.3) is 5.69 Å². The first kappa shape index (κ1) is 20.9. The fourth-order valence-corrected chi connectivity index (χ4v) is 4.12. The van der Waals surface area contributed by atoms with E-state index in [0.29, 0.717) is 38.2 Å². The normalized spacial score (nSPS) is 19.3. The van der Waals surface area contributed by atoms with Gasteiger partial charge in [-0.15, -0.1) is 0 Å². The number of nitrogens with one attached hydrogen (secondary N) is 1. The maximum Gasteiger partial charge on any atom is 0.410 e. The predicted octanol–water partition coefficient (Wildman–Crippen LogP) is 4.44. The lowest BCUT2D eigenvalue weighted by molar-refractivity contribution is -0.384. The van der Waals surface area contributed by atoms with Gasteiger partial charge in [0.15, 0.2) is 0 Å². The molecule has 2 saturated heterocycles. The molecule has 1 unspecified atom stereocenters. The number of ether oxygens (including phenoxy) is 1. The van der Waals surface area contributed by atoms with Gasteiger partial charge in [0.05, 0.1) is 11.5 Å². The highest BCUT2D eigenvalue weighted by molar-refractivity contribution is 6.32. The Bertz CT molecular complexity index is 995. The van der Waals surface area contributed by atoms with Crippen LogP contribution in [0.25, 0.3) is 0 Å². The van der Waals surface area contributed by atoms with Crippen LogP contribution in [-0.4, -0.2) is 52.5 Å². The number of nitro groups is 1. The summed E-state index contributed by atoms with van der Waals surface area (Å²) in [6, 6.07) is 13.4. The van der Waals surface area contributed by atoms with E-state index in [0.717, 1.165) is 5.56 Å². The van der Waals surface area contributed by atoms with E-state index in [4.69, 9.17) is 16.3 Å². The van der Waals surface area contributed by atoms with Crippen molar-refractivity contribution in [1.82, 2.24) is 9.80 Å². The Balaban J connectivity index is 1.32. The van der Waals surface area contributed by atoms with Gasteiger partial charge in [-0.3, -0.25) is 10.1 Å². The maximum atomic E-state index is 12.6. The summed E-state index contributed by atoms with van der Waals surface area (Å²) in [7, 11) is 0. The fourth-order valence-electron chi connectivity index (χ4n) is 3.93. The second kappa shape index (κ2) is 8.81. The Morgan fingerprint density at radius 3 is 2.55 bits per heavy atom. The van der Waals surface area contributed by atoms with Crippen LogP contribution in [0.4, 0.5) is 21.0 Å². The Kier molecular flexibility index (Phi) is 5.94. The second-order valence-corrected chi connectivity index (χ2v) is 7.91. The van der Waals surface area contributed by atoms with E-state index < -0.39 is 4.92 Å². The molecule has 0 aliphatic carbocycles. The average Bonchev–Trinajstić information content (AvgIpc) is 3.17. The molecule has 1 N–H and O–H groups in total. The molecule has 2 fully saturated rings. The first-order valence-electron chi connectivity index (χ1n) is 9.94. The number of nitro benzene ring substituents is 1. The molecule has 0 spiro atoms. The molecule has 10 heteroatoms. The van der Waals surface area contributed by atoms with E-state index in [1.165, 1.54) is 18.2 Å². The van der Waals surface area contributed by atoms with Crippen molar-refractivity contribution in [3.8, 4) is 0 Å². The summed E-state index contributed by atoms with van der Waals surface area (Å²) < 4.78 is 5.53. The third-order valence-electron chi connectivity index (χ3n) is 5.60. The predicted molar refractivity (Wildman–Crippen MR) is 114 cm³/mol. The summed E-state index contributed by atoms with van der Waals surface area (Å²) >= 11 is 5.81. The van der Waals surface area contributed by atoms with Crippen molar-refractivity contribution in [1.29, 1.82) is 0 Å². The molecule has 2 heterocycles. The number of cyclic esters (lactones) is 1. The van der Waals surface area contributed by atoms with Gasteiger partial charge in [0, 0.05) is 30.9 Å². The molecule has 0 aromatic heterocycles. The standard InChI is InChI=1S/C21H21ClN4O5/c22-17-7-6-15(12-18(17)26(29)30)23-20(27)24-10-8-16(9-11-24)25-13-19(31-21(25)28)14-4-2-1-3-5-14/h1-7,12,16,19H,8-11,13H2,(H,23,27). The summed E-state index contributed by atoms with van der Waals surface area (Å²) in [5, 5.41) is 13.7. The highest BCUT2D eigenvalue weighted by Crippen LogP contribution is 2.31. The summed E-state index contributed by atoms with van der Waals surface area (Å²) in [5.74, 6) is 0. The molecule has 2 aromatic carbocycles. The largest absolute Gasteiger partial charge is 0.439 e. The third kappa shape index (κ3) is 4.56. The fraction of sp³-hybridized carbons (Fsp3) is 0.333. The van der Waals surface area contributed by atoms with Crippen LogP contribution in [0, 0.1) is 10.1 Å². The van der Waals surface area contributed by atoms with Crippen LogP contribution < -0.4 is 5.32 Å². The van der Waals surface area contributed by atoms with Crippen molar-refractivity contribution in [2.45, 2.75) is 25.0 Å². The van der Waals surface area contributed by atoms with Crippen LogP contribution in [-0.2, 0) is 4.74 Å². The van der Waals surface area contributed by atoms with Gasteiger partial charge >= 0.3 is 12.1 Å². The zero-order chi connectivity index (χ0) is 22.0. The lowest BCUT2D eigenvalue weighted by Gasteiger charge is -2.35. The smallest absolute Gasteiger partial charge is 0.410 e. The Hall–Kier alpha value is -3.33. The number of carbonyl (C=O) groups is 2. The molecule has 162 valence electrons. The number of nitrogens with zero attached hydrogens (tertiary/aromatic N) is 3. The molecule has 2 aliphatic rings. The Labute approximate surface area is 183 Å². The van der Waals surface area contributed by atoms with E-state index in [1.807, 2.05) is 30.3 Å². The molecule has 31 heavy (non-hydrogen) atoms. The maximum absolute atomic E-state index is 12.6. The van der Waals surface area contributed by atoms with Gasteiger partial charge in [-0.05, 0) is 30.5 Å². The molecule has 2 aliphatic heterocycles. The first-order valence-corrected chi connectivity index (χ1v) is 10.3. The Morgan fingerprint density at radius 2 is 1.87 bits per heavy atom. The number of carbonyl (C=O) groups excluding carboxylic acids is 2. The number of urea groups is 1. The van der Waals surface area contributed by atoms with E-state index in [9.17, 15) is 19.7 Å². The number of hydrogen-bond acceptors (Lipinski definition) is 5. The lowest BCUT2D eigenvalue weighted by Crippen LogP contribution is -2.48. The van der Waals surface area contributed by atoms with Crippen molar-refractivity contribution in [3.63, 3.8) is 0 Å². The van der Waals surface area contributed by atoms with Crippen molar-refractivity contribution in [2.24, 2.45) is 0 Å². The van der Waals surface area contributed by atoms with Gasteiger partial charge in [0.1, 0.15) is 11.1 Å². The van der Waals surface area contributed by atoms with Gasteiger partial charge in [-0.2, -0.15) is 0 Å². The van der Waals surface area contributed by atoms with Crippen molar-refractivity contribution >= 4 is 35.1 Å². The summed E-state index contributed by atoms with van der Waals surface area (Å²) in [6.45, 7) is 1.42. The zero-order valence-electron chi connectivity index (χ0n) is 16.6. The van der Waals surface area contributed by atoms with Gasteiger partial charge in [0.2, 0.25) is 0 Å². The highest BCUT2D eigenvalue weighted by atomic mass is 35.5. The third-order valence-corrected chi connectivity index (χ3v) is 5.92. The van der Waals surface area contributed by atoms with Crippen LogP contribution >= 0.6 is 11.6 Å². The molecular weight excluding hydrogens is 424 g/mol. The molecule has 9 nitrogen and oxygen atoms in total. The minimum absolute atomic E-state index is 0.00174. The van der Waals surface area contributed by atoms with Gasteiger partial charge < -0.3 is 19.9 Å². The minimum atomic E-state index is -0.596. The first-order chi connectivity index (χ1) is 14.9. The Morgan fingerprint density at radius 1 is 1.16 bits per heavy atom. The van der Waals surface area contributed by atoms with Crippen molar-refractivity contribution in [3.05, 3.63) is 69.2 Å². The van der Waals surface area contributed by atoms with E-state index >= 15 is 0 Å². The topological polar surface area (TPSA) is 105 Å². The summed E-state index contributed by atoms with van der Waals surface area (Å²) in [4.78, 5) is 38.7. The average molecular weight is 445 g/mol. The van der Waals surface area contributed by atoms with Crippen LogP contribution in [0.15, 0.2) is 48.5 Å². The number of likely N-dealkylation sites (tertiary alicyclic amines) is 1. The number of halogens is 1. The molecule has 0 bridgehead atoms. The highest BCUT2D eigenvalue weighted by Gasteiger charge is 2.38. The molecule has 2 aromatic rings. The van der Waals surface area contributed by atoms with Crippen molar-refractivity contribution in [2.75, 3.05) is 25.0 Å². The lowest BCUT2D eigenvalue weighted by atomic mass is 10.0. The quantitative estimate of drug-likeness (QED) is 0.554. The number of rotatable bonds is 4. The SMILES string of the molecule is O=C(Nc1ccc(Cl)c([N+](=O)[O-])c1)N1CCC(N2CC(c3ccccc3)OC2=O)CC1. The number of piperidine rings is 1. The van der Waals surface area contributed by atoms with E-state index in [1.54, 1.807) is 9.80 Å². The zero-order valence-corrected chi connectivity index (χ0v) is 17.3. The van der Waals surface area contributed by atoms with E-state index in [-0.39, 0.29) is 35.0 Å². The number of benzene rings is 2. The van der Waals surface area contributed by atoms with Gasteiger partial charge in [-0.1, -0.05) is 41.9 Å². The number of amides is 3. The molecule has 0 saturated carbocycles. The van der Waals surface area contributed by atoms with Gasteiger partial charge in [-0.25, -0.2) is 9.59 Å². The van der Waals surface area contributed by atoms with Crippen molar-refractivity contribution < 1.29 is 19.2 Å². The number of hydrogen-bond donors (Lipinski definition) is 1. The number of anilines is 1. The van der Waals surface area contributed by atoms with E-state index in [2.05, 4.69) is 5.32 Å². The second-order valence-electron chi connectivity index (χ2n) is 7.51. The molecule has 0 radical (unpaired) electrons. The monoisotopic (exact) mass is 444 g/mol. The molecule has 4 rings (SSSR count). The molecular formula is C21H21ClN4O5. The molecule has 3 amide bonds. The summed E-state index contributed by atoms with van der Waals surface area (Å²) in [6.07, 6.45) is 0.649. The summed E-state index contributed by atoms with van der Waals surface area (Å²) in [5.41, 5.74) is 1.00. The van der Waals surface area contributed by atoms with Crippen LogP contribution in [0.2, 0.25) is 5.02 Å².